The topological polar surface area (TPSA) is 32.3 Å². The molecule has 1 atom stereocenters. The number of rotatable bonds is 2. The average Bonchev–Trinajstić information content (AvgIpc) is 2.43. The van der Waals surface area contributed by atoms with Crippen LogP contribution in [-0.4, -0.2) is 5.11 Å². The number of anilines is 1. The van der Waals surface area contributed by atoms with E-state index < -0.39 is 0 Å². The summed E-state index contributed by atoms with van der Waals surface area (Å²) in [6, 6.07) is 12.1. The summed E-state index contributed by atoms with van der Waals surface area (Å²) in [5.74, 6) is 0.339. The number of phenols is 1. The second-order valence-electron chi connectivity index (χ2n) is 5.10. The molecule has 2 nitrogen and oxygen atoms in total. The number of hydrogen-bond donors (Lipinski definition) is 2. The summed E-state index contributed by atoms with van der Waals surface area (Å²) in [5.41, 5.74) is 3.61. The SMILES string of the molecule is Oc1ccc2c(c1)C(Nc1cc(Br)ccc1Br)CCC2. The first kappa shape index (κ1) is 14.0. The van der Waals surface area contributed by atoms with Crippen molar-refractivity contribution in [3.63, 3.8) is 0 Å². The van der Waals surface area contributed by atoms with Gasteiger partial charge in [0.1, 0.15) is 5.75 Å². The third-order valence-electron chi connectivity index (χ3n) is 3.70. The van der Waals surface area contributed by atoms with Gasteiger partial charge in [-0.3, -0.25) is 0 Å². The maximum absolute atomic E-state index is 9.73. The standard InChI is InChI=1S/C16H15Br2NO/c17-11-5-7-14(18)16(8-11)19-15-3-1-2-10-4-6-12(20)9-13(10)15/h4-9,15,19-20H,1-3H2. The van der Waals surface area contributed by atoms with Gasteiger partial charge in [-0.15, -0.1) is 0 Å². The molecule has 1 aliphatic carbocycles. The predicted molar refractivity (Wildman–Crippen MR) is 89.3 cm³/mol. The van der Waals surface area contributed by atoms with Gasteiger partial charge in [-0.05, 0) is 76.7 Å². The van der Waals surface area contributed by atoms with Gasteiger partial charge in [0.25, 0.3) is 0 Å². The number of hydrogen-bond acceptors (Lipinski definition) is 2. The molecule has 0 amide bonds. The molecule has 0 radical (unpaired) electrons. The number of fused-ring (bicyclic) bond motifs is 1. The Labute approximate surface area is 135 Å². The normalized spacial score (nSPS) is 17.6. The first-order valence-electron chi connectivity index (χ1n) is 6.67. The fourth-order valence-electron chi connectivity index (χ4n) is 2.73. The van der Waals surface area contributed by atoms with Gasteiger partial charge in [-0.25, -0.2) is 0 Å². The molecule has 2 N–H and O–H groups in total. The molecule has 1 aliphatic rings. The van der Waals surface area contributed by atoms with Crippen molar-refractivity contribution in [2.45, 2.75) is 25.3 Å². The van der Waals surface area contributed by atoms with E-state index in [1.54, 1.807) is 6.07 Å². The van der Waals surface area contributed by atoms with E-state index in [0.29, 0.717) is 5.75 Å². The summed E-state index contributed by atoms with van der Waals surface area (Å²) >= 11 is 7.08. The van der Waals surface area contributed by atoms with Crippen LogP contribution in [0.3, 0.4) is 0 Å². The van der Waals surface area contributed by atoms with Crippen molar-refractivity contribution in [3.05, 3.63) is 56.5 Å². The molecule has 2 aromatic carbocycles. The highest BCUT2D eigenvalue weighted by atomic mass is 79.9. The van der Waals surface area contributed by atoms with E-state index >= 15 is 0 Å². The Morgan fingerprint density at radius 2 is 1.95 bits per heavy atom. The monoisotopic (exact) mass is 395 g/mol. The highest BCUT2D eigenvalue weighted by Crippen LogP contribution is 2.36. The molecule has 3 rings (SSSR count). The highest BCUT2D eigenvalue weighted by molar-refractivity contribution is 9.11. The fraction of sp³-hybridized carbons (Fsp3) is 0.250. The zero-order valence-electron chi connectivity index (χ0n) is 10.9. The minimum atomic E-state index is 0.247. The van der Waals surface area contributed by atoms with Gasteiger partial charge in [0, 0.05) is 8.95 Å². The molecule has 2 aromatic rings. The largest absolute Gasteiger partial charge is 0.508 e. The Morgan fingerprint density at radius 3 is 2.80 bits per heavy atom. The number of halogens is 2. The van der Waals surface area contributed by atoms with Gasteiger partial charge in [-0.1, -0.05) is 22.0 Å². The third-order valence-corrected chi connectivity index (χ3v) is 4.89. The summed E-state index contributed by atoms with van der Waals surface area (Å²) < 4.78 is 2.10. The van der Waals surface area contributed by atoms with Crippen LogP contribution in [0.2, 0.25) is 0 Å². The van der Waals surface area contributed by atoms with Gasteiger partial charge in [0.2, 0.25) is 0 Å². The van der Waals surface area contributed by atoms with Crippen molar-refractivity contribution in [1.29, 1.82) is 0 Å². The average molecular weight is 397 g/mol. The Bertz CT molecular complexity index is 642. The molecule has 1 unspecified atom stereocenters. The van der Waals surface area contributed by atoms with Gasteiger partial charge in [-0.2, -0.15) is 0 Å². The first-order valence-corrected chi connectivity index (χ1v) is 8.25. The Balaban J connectivity index is 1.93. The molecule has 104 valence electrons. The lowest BCUT2D eigenvalue weighted by Gasteiger charge is -2.28. The molecule has 0 saturated carbocycles. The summed E-state index contributed by atoms with van der Waals surface area (Å²) in [6.45, 7) is 0. The summed E-state index contributed by atoms with van der Waals surface area (Å²) in [5, 5.41) is 13.3. The van der Waals surface area contributed by atoms with Crippen LogP contribution in [0, 0.1) is 0 Å². The zero-order valence-corrected chi connectivity index (χ0v) is 14.0. The maximum Gasteiger partial charge on any atom is 0.115 e. The van der Waals surface area contributed by atoms with Gasteiger partial charge in [0.15, 0.2) is 0 Å². The Kier molecular flexibility index (Phi) is 4.03. The van der Waals surface area contributed by atoms with Crippen molar-refractivity contribution in [2.75, 3.05) is 5.32 Å². The summed E-state index contributed by atoms with van der Waals surface area (Å²) in [7, 11) is 0. The minimum absolute atomic E-state index is 0.247. The Morgan fingerprint density at radius 1 is 1.10 bits per heavy atom. The van der Waals surface area contributed by atoms with Crippen molar-refractivity contribution in [1.82, 2.24) is 0 Å². The molecule has 0 aliphatic heterocycles. The second-order valence-corrected chi connectivity index (χ2v) is 6.87. The molecule has 20 heavy (non-hydrogen) atoms. The Hall–Kier alpha value is -1.000. The smallest absolute Gasteiger partial charge is 0.115 e. The first-order chi connectivity index (χ1) is 9.63. The lowest BCUT2D eigenvalue weighted by Crippen LogP contribution is -2.17. The number of aryl methyl sites for hydroxylation is 1. The van der Waals surface area contributed by atoms with Crippen molar-refractivity contribution in [2.24, 2.45) is 0 Å². The van der Waals surface area contributed by atoms with Crippen molar-refractivity contribution >= 4 is 37.5 Å². The van der Waals surface area contributed by atoms with Gasteiger partial charge >= 0.3 is 0 Å². The van der Waals surface area contributed by atoms with Crippen LogP contribution in [0.5, 0.6) is 5.75 Å². The quantitative estimate of drug-likeness (QED) is 0.711. The number of phenolic OH excluding ortho intramolecular Hbond substituents is 1. The van der Waals surface area contributed by atoms with Crippen molar-refractivity contribution in [3.8, 4) is 5.75 Å². The van der Waals surface area contributed by atoms with Crippen LogP contribution >= 0.6 is 31.9 Å². The van der Waals surface area contributed by atoms with Crippen molar-refractivity contribution < 1.29 is 5.11 Å². The van der Waals surface area contributed by atoms with E-state index in [1.165, 1.54) is 17.5 Å². The van der Waals surface area contributed by atoms with E-state index in [4.69, 9.17) is 0 Å². The highest BCUT2D eigenvalue weighted by Gasteiger charge is 2.21. The third kappa shape index (κ3) is 2.86. The van der Waals surface area contributed by atoms with E-state index in [0.717, 1.165) is 27.5 Å². The molecule has 4 heteroatoms. The van der Waals surface area contributed by atoms with Crippen LogP contribution in [-0.2, 0) is 6.42 Å². The molecule has 0 aromatic heterocycles. The van der Waals surface area contributed by atoms with Crippen LogP contribution in [0.1, 0.15) is 30.0 Å². The zero-order chi connectivity index (χ0) is 14.1. The van der Waals surface area contributed by atoms with Gasteiger partial charge < -0.3 is 10.4 Å². The molecule has 0 bridgehead atoms. The maximum atomic E-state index is 9.73. The molecule has 0 heterocycles. The van der Waals surface area contributed by atoms with Crippen LogP contribution < -0.4 is 5.32 Å². The second kappa shape index (κ2) is 5.78. The molecule has 0 fully saturated rings. The lowest BCUT2D eigenvalue weighted by molar-refractivity contribution is 0.471. The van der Waals surface area contributed by atoms with Gasteiger partial charge in [0.05, 0.1) is 11.7 Å². The van der Waals surface area contributed by atoms with E-state index in [1.807, 2.05) is 24.3 Å². The number of nitrogens with one attached hydrogen (secondary N) is 1. The number of benzene rings is 2. The molecule has 0 saturated heterocycles. The van der Waals surface area contributed by atoms with Crippen LogP contribution in [0.15, 0.2) is 45.3 Å². The van der Waals surface area contributed by atoms with Crippen LogP contribution in [0.25, 0.3) is 0 Å². The molecular formula is C16H15Br2NO. The molecular weight excluding hydrogens is 382 g/mol. The van der Waals surface area contributed by atoms with E-state index in [9.17, 15) is 5.11 Å². The minimum Gasteiger partial charge on any atom is -0.508 e. The lowest BCUT2D eigenvalue weighted by atomic mass is 9.87. The van der Waals surface area contributed by atoms with E-state index in [-0.39, 0.29) is 6.04 Å². The summed E-state index contributed by atoms with van der Waals surface area (Å²) in [4.78, 5) is 0. The van der Waals surface area contributed by atoms with E-state index in [2.05, 4.69) is 43.2 Å². The summed E-state index contributed by atoms with van der Waals surface area (Å²) in [6.07, 6.45) is 3.34. The number of aromatic hydroxyl groups is 1. The predicted octanol–water partition coefficient (Wildman–Crippen LogP) is 5.41. The molecule has 0 spiro atoms. The van der Waals surface area contributed by atoms with Crippen LogP contribution in [0.4, 0.5) is 5.69 Å². The fourth-order valence-corrected chi connectivity index (χ4v) is 3.45.